The van der Waals surface area contributed by atoms with Crippen molar-refractivity contribution in [3.8, 4) is 0 Å². The summed E-state index contributed by atoms with van der Waals surface area (Å²) in [5.74, 6) is 0.109. The Bertz CT molecular complexity index is 206. The number of allylic oxidation sites excluding steroid dienone is 2. The first-order valence-corrected chi connectivity index (χ1v) is 4.18. The van der Waals surface area contributed by atoms with Crippen molar-refractivity contribution in [1.29, 1.82) is 0 Å². The quantitative estimate of drug-likeness (QED) is 0.613. The number of carbonyl (C=O) groups is 1. The summed E-state index contributed by atoms with van der Waals surface area (Å²) in [5, 5.41) is 8.57. The maximum atomic E-state index is 10.4. The fraction of sp³-hybridized carbons (Fsp3) is 0.667. The summed E-state index contributed by atoms with van der Waals surface area (Å²) >= 11 is 0. The van der Waals surface area contributed by atoms with E-state index in [4.69, 9.17) is 5.11 Å². The average Bonchev–Trinajstić information content (AvgIpc) is 2.58. The van der Waals surface area contributed by atoms with Gasteiger partial charge in [0.15, 0.2) is 0 Å². The van der Waals surface area contributed by atoms with E-state index in [0.29, 0.717) is 0 Å². The molecule has 0 radical (unpaired) electrons. The Morgan fingerprint density at radius 2 is 2.09 bits per heavy atom. The van der Waals surface area contributed by atoms with E-state index >= 15 is 0 Å². The van der Waals surface area contributed by atoms with Gasteiger partial charge < -0.3 is 5.11 Å². The van der Waals surface area contributed by atoms with Crippen LogP contribution in [0.5, 0.6) is 0 Å². The number of rotatable bonds is 2. The highest BCUT2D eigenvalue weighted by Crippen LogP contribution is 2.39. The van der Waals surface area contributed by atoms with Crippen LogP contribution in [0.4, 0.5) is 0 Å². The predicted molar refractivity (Wildman–Crippen MR) is 41.2 cm³/mol. The molecule has 11 heavy (non-hydrogen) atoms. The Labute approximate surface area is 65.9 Å². The SMILES string of the molecule is O=C(O)C1CC(=CC2CC2)C1. The molecule has 0 aromatic rings. The Balaban J connectivity index is 1.82. The van der Waals surface area contributed by atoms with Gasteiger partial charge in [0.25, 0.3) is 0 Å². The maximum Gasteiger partial charge on any atom is 0.307 e. The van der Waals surface area contributed by atoms with Crippen molar-refractivity contribution in [3.05, 3.63) is 11.6 Å². The van der Waals surface area contributed by atoms with Gasteiger partial charge >= 0.3 is 5.97 Å². The van der Waals surface area contributed by atoms with Crippen LogP contribution in [0.3, 0.4) is 0 Å². The van der Waals surface area contributed by atoms with Crippen LogP contribution in [0.2, 0.25) is 0 Å². The zero-order valence-electron chi connectivity index (χ0n) is 6.42. The Kier molecular flexibility index (Phi) is 1.48. The smallest absolute Gasteiger partial charge is 0.307 e. The molecule has 1 N–H and O–H groups in total. The Morgan fingerprint density at radius 3 is 2.55 bits per heavy atom. The van der Waals surface area contributed by atoms with Gasteiger partial charge in [-0.3, -0.25) is 4.79 Å². The van der Waals surface area contributed by atoms with Crippen LogP contribution in [0, 0.1) is 11.8 Å². The van der Waals surface area contributed by atoms with Crippen molar-refractivity contribution in [2.75, 3.05) is 0 Å². The zero-order valence-corrected chi connectivity index (χ0v) is 6.42. The van der Waals surface area contributed by atoms with Crippen molar-refractivity contribution in [1.82, 2.24) is 0 Å². The lowest BCUT2D eigenvalue weighted by atomic mass is 9.79. The first-order chi connectivity index (χ1) is 5.25. The average molecular weight is 152 g/mol. The molecule has 2 aliphatic carbocycles. The number of carboxylic acids is 1. The van der Waals surface area contributed by atoms with Gasteiger partial charge in [0.2, 0.25) is 0 Å². The molecule has 0 spiro atoms. The minimum absolute atomic E-state index is 0.0694. The van der Waals surface area contributed by atoms with E-state index < -0.39 is 5.97 Å². The summed E-state index contributed by atoms with van der Waals surface area (Å²) in [5.41, 5.74) is 1.37. The molecule has 0 unspecified atom stereocenters. The monoisotopic (exact) mass is 152 g/mol. The first-order valence-electron chi connectivity index (χ1n) is 4.18. The highest BCUT2D eigenvalue weighted by atomic mass is 16.4. The number of aliphatic carboxylic acids is 1. The molecule has 0 bridgehead atoms. The lowest BCUT2D eigenvalue weighted by molar-refractivity contribution is -0.143. The third-order valence-electron chi connectivity index (χ3n) is 2.46. The largest absolute Gasteiger partial charge is 0.481 e. The molecule has 0 amide bonds. The fourth-order valence-electron chi connectivity index (χ4n) is 1.48. The van der Waals surface area contributed by atoms with E-state index in [0.717, 1.165) is 18.8 Å². The summed E-state index contributed by atoms with van der Waals surface area (Å²) in [4.78, 5) is 10.4. The second kappa shape index (κ2) is 2.36. The molecular weight excluding hydrogens is 140 g/mol. The van der Waals surface area contributed by atoms with E-state index in [2.05, 4.69) is 6.08 Å². The van der Waals surface area contributed by atoms with Gasteiger partial charge in [-0.1, -0.05) is 11.6 Å². The second-order valence-corrected chi connectivity index (χ2v) is 3.61. The molecular formula is C9H12O2. The van der Waals surface area contributed by atoms with Crippen molar-refractivity contribution >= 4 is 5.97 Å². The topological polar surface area (TPSA) is 37.3 Å². The summed E-state index contributed by atoms with van der Waals surface area (Å²) in [7, 11) is 0. The van der Waals surface area contributed by atoms with Crippen LogP contribution < -0.4 is 0 Å². The Morgan fingerprint density at radius 1 is 1.45 bits per heavy atom. The van der Waals surface area contributed by atoms with E-state index in [9.17, 15) is 4.79 Å². The molecule has 60 valence electrons. The van der Waals surface area contributed by atoms with Gasteiger partial charge in [-0.2, -0.15) is 0 Å². The molecule has 2 aliphatic rings. The molecule has 2 fully saturated rings. The van der Waals surface area contributed by atoms with Crippen molar-refractivity contribution < 1.29 is 9.90 Å². The third kappa shape index (κ3) is 1.44. The summed E-state index contributed by atoms with van der Waals surface area (Å²) in [6.07, 6.45) is 6.54. The van der Waals surface area contributed by atoms with Gasteiger partial charge in [-0.05, 0) is 31.6 Å². The van der Waals surface area contributed by atoms with Crippen LogP contribution in [-0.4, -0.2) is 11.1 Å². The van der Waals surface area contributed by atoms with E-state index in [1.807, 2.05) is 0 Å². The second-order valence-electron chi connectivity index (χ2n) is 3.61. The fourth-order valence-corrected chi connectivity index (χ4v) is 1.48. The molecule has 0 atom stereocenters. The maximum absolute atomic E-state index is 10.4. The molecule has 0 heterocycles. The molecule has 2 nitrogen and oxygen atoms in total. The van der Waals surface area contributed by atoms with Gasteiger partial charge in [-0.25, -0.2) is 0 Å². The van der Waals surface area contributed by atoms with E-state index in [-0.39, 0.29) is 5.92 Å². The Hall–Kier alpha value is -0.790. The van der Waals surface area contributed by atoms with Gasteiger partial charge in [0.05, 0.1) is 5.92 Å². The highest BCUT2D eigenvalue weighted by molar-refractivity contribution is 5.72. The molecule has 0 saturated heterocycles. The van der Waals surface area contributed by atoms with Crippen molar-refractivity contribution in [2.24, 2.45) is 11.8 Å². The van der Waals surface area contributed by atoms with E-state index in [1.54, 1.807) is 0 Å². The van der Waals surface area contributed by atoms with E-state index in [1.165, 1.54) is 18.4 Å². The first kappa shape index (κ1) is 6.89. The molecule has 2 rings (SSSR count). The lowest BCUT2D eigenvalue weighted by Gasteiger charge is -2.25. The molecule has 2 heteroatoms. The third-order valence-corrected chi connectivity index (χ3v) is 2.46. The standard InChI is InChI=1S/C9H12O2/c10-9(11)8-4-7(5-8)3-6-1-2-6/h3,6,8H,1-2,4-5H2,(H,10,11). The van der Waals surface area contributed by atoms with Crippen LogP contribution in [0.1, 0.15) is 25.7 Å². The van der Waals surface area contributed by atoms with Gasteiger partial charge in [0.1, 0.15) is 0 Å². The minimum Gasteiger partial charge on any atom is -0.481 e. The molecule has 2 saturated carbocycles. The molecule has 0 aromatic heterocycles. The minimum atomic E-state index is -0.627. The van der Waals surface area contributed by atoms with Gasteiger partial charge in [0, 0.05) is 0 Å². The van der Waals surface area contributed by atoms with Crippen LogP contribution in [0.15, 0.2) is 11.6 Å². The number of hydrogen-bond acceptors (Lipinski definition) is 1. The van der Waals surface area contributed by atoms with Crippen LogP contribution in [-0.2, 0) is 4.79 Å². The van der Waals surface area contributed by atoms with Crippen molar-refractivity contribution in [3.63, 3.8) is 0 Å². The summed E-state index contributed by atoms with van der Waals surface area (Å²) < 4.78 is 0. The number of carboxylic acid groups (broad SMARTS) is 1. The normalized spacial score (nSPS) is 29.5. The lowest BCUT2D eigenvalue weighted by Crippen LogP contribution is -2.23. The molecule has 0 aromatic carbocycles. The summed E-state index contributed by atoms with van der Waals surface area (Å²) in [6.45, 7) is 0. The van der Waals surface area contributed by atoms with Crippen molar-refractivity contribution in [2.45, 2.75) is 25.7 Å². The number of hydrogen-bond donors (Lipinski definition) is 1. The van der Waals surface area contributed by atoms with Crippen LogP contribution >= 0.6 is 0 Å². The predicted octanol–water partition coefficient (Wildman–Crippen LogP) is 1.82. The summed E-state index contributed by atoms with van der Waals surface area (Å²) in [6, 6.07) is 0. The van der Waals surface area contributed by atoms with Gasteiger partial charge in [-0.15, -0.1) is 0 Å². The van der Waals surface area contributed by atoms with Crippen LogP contribution in [0.25, 0.3) is 0 Å². The zero-order chi connectivity index (χ0) is 7.84. The highest BCUT2D eigenvalue weighted by Gasteiger charge is 2.31. The molecule has 0 aliphatic heterocycles.